The first-order valence-electron chi connectivity index (χ1n) is 6.40. The van der Waals surface area contributed by atoms with Gasteiger partial charge in [0, 0.05) is 37.1 Å². The maximum Gasteiger partial charge on any atom is 0.194 e. The van der Waals surface area contributed by atoms with Gasteiger partial charge in [-0.25, -0.2) is 0 Å². The van der Waals surface area contributed by atoms with Crippen LogP contribution in [0.25, 0.3) is 0 Å². The van der Waals surface area contributed by atoms with Crippen LogP contribution in [0.3, 0.4) is 0 Å². The number of carbonyl (C=O) groups excluding carboxylic acids is 1. The molecular weight excluding hydrogens is 228 g/mol. The van der Waals surface area contributed by atoms with Gasteiger partial charge >= 0.3 is 0 Å². The second kappa shape index (κ2) is 5.59. The van der Waals surface area contributed by atoms with Crippen molar-refractivity contribution < 1.29 is 9.53 Å². The normalized spacial score (nSPS) is 21.2. The minimum absolute atomic E-state index is 0.0472. The Labute approximate surface area is 108 Å². The molecule has 98 valence electrons. The molecule has 1 aliphatic heterocycles. The van der Waals surface area contributed by atoms with Gasteiger partial charge in [0.15, 0.2) is 5.78 Å². The molecule has 1 atom stereocenters. The zero-order valence-electron chi connectivity index (χ0n) is 11.2. The summed E-state index contributed by atoms with van der Waals surface area (Å²) >= 11 is 0. The van der Waals surface area contributed by atoms with Crippen LogP contribution in [0.4, 0.5) is 0 Å². The van der Waals surface area contributed by atoms with Crippen LogP contribution < -0.4 is 0 Å². The van der Waals surface area contributed by atoms with Crippen LogP contribution >= 0.6 is 0 Å². The van der Waals surface area contributed by atoms with Gasteiger partial charge in [0.2, 0.25) is 0 Å². The lowest BCUT2D eigenvalue weighted by Gasteiger charge is -2.34. The molecule has 0 radical (unpaired) electrons. The van der Waals surface area contributed by atoms with E-state index in [1.54, 1.807) is 12.4 Å². The van der Waals surface area contributed by atoms with Gasteiger partial charge in [-0.1, -0.05) is 0 Å². The summed E-state index contributed by atoms with van der Waals surface area (Å²) in [6, 6.07) is 2.30. The number of hydrogen-bond acceptors (Lipinski definition) is 4. The maximum atomic E-state index is 12.4. The Morgan fingerprint density at radius 1 is 1.56 bits per heavy atom. The fourth-order valence-electron chi connectivity index (χ4n) is 2.19. The molecule has 2 heterocycles. The largest absolute Gasteiger partial charge is 0.367 e. The summed E-state index contributed by atoms with van der Waals surface area (Å²) in [5, 5.41) is 0. The third-order valence-electron chi connectivity index (χ3n) is 3.43. The van der Waals surface area contributed by atoms with E-state index >= 15 is 0 Å². The van der Waals surface area contributed by atoms with Gasteiger partial charge in [-0.05, 0) is 32.4 Å². The first-order valence-corrected chi connectivity index (χ1v) is 6.40. The van der Waals surface area contributed by atoms with Crippen molar-refractivity contribution in [3.05, 3.63) is 29.6 Å². The number of aromatic nitrogens is 1. The molecule has 0 saturated carbocycles. The standard InChI is InChI=1S/C14H20N2O2/c1-10(2)16-6-7-18-13(9-16)14(17)12-8-15-5-4-11(12)3/h4-5,8,10,13H,6-7,9H2,1-3H3. The van der Waals surface area contributed by atoms with Crippen molar-refractivity contribution in [2.75, 3.05) is 19.7 Å². The Kier molecular flexibility index (Phi) is 4.09. The Bertz CT molecular complexity index is 432. The van der Waals surface area contributed by atoms with Crippen molar-refractivity contribution in [2.24, 2.45) is 0 Å². The first kappa shape index (κ1) is 13.2. The molecule has 1 unspecified atom stereocenters. The van der Waals surface area contributed by atoms with Crippen molar-refractivity contribution in [3.8, 4) is 0 Å². The molecule has 0 spiro atoms. The summed E-state index contributed by atoms with van der Waals surface area (Å²) in [4.78, 5) is 18.7. The van der Waals surface area contributed by atoms with Crippen molar-refractivity contribution >= 4 is 5.78 Å². The van der Waals surface area contributed by atoms with Crippen LogP contribution in [0.2, 0.25) is 0 Å². The minimum atomic E-state index is -0.357. The lowest BCUT2D eigenvalue weighted by molar-refractivity contribution is -0.0256. The number of ether oxygens (including phenoxy) is 1. The van der Waals surface area contributed by atoms with Gasteiger partial charge in [0.05, 0.1) is 6.61 Å². The van der Waals surface area contributed by atoms with Gasteiger partial charge in [-0.15, -0.1) is 0 Å². The number of Topliss-reactive ketones (excluding diaryl/α,β-unsaturated/α-hetero) is 1. The van der Waals surface area contributed by atoms with E-state index in [0.29, 0.717) is 24.8 Å². The van der Waals surface area contributed by atoms with Crippen LogP contribution in [0.1, 0.15) is 29.8 Å². The van der Waals surface area contributed by atoms with E-state index in [1.807, 2.05) is 13.0 Å². The monoisotopic (exact) mass is 248 g/mol. The number of pyridine rings is 1. The van der Waals surface area contributed by atoms with E-state index in [-0.39, 0.29) is 11.9 Å². The quantitative estimate of drug-likeness (QED) is 0.763. The summed E-state index contributed by atoms with van der Waals surface area (Å²) in [5.41, 5.74) is 1.63. The van der Waals surface area contributed by atoms with Crippen LogP contribution in [-0.2, 0) is 4.74 Å². The van der Waals surface area contributed by atoms with Crippen LogP contribution in [0.5, 0.6) is 0 Å². The number of aryl methyl sites for hydroxylation is 1. The predicted octanol–water partition coefficient (Wildman–Crippen LogP) is 1.68. The summed E-state index contributed by atoms with van der Waals surface area (Å²) in [5.74, 6) is 0.0472. The first-order chi connectivity index (χ1) is 8.59. The van der Waals surface area contributed by atoms with Crippen molar-refractivity contribution in [2.45, 2.75) is 32.9 Å². The maximum absolute atomic E-state index is 12.4. The highest BCUT2D eigenvalue weighted by Crippen LogP contribution is 2.15. The molecule has 4 heteroatoms. The summed E-state index contributed by atoms with van der Waals surface area (Å²) in [7, 11) is 0. The summed E-state index contributed by atoms with van der Waals surface area (Å²) in [6.45, 7) is 8.40. The minimum Gasteiger partial charge on any atom is -0.367 e. The van der Waals surface area contributed by atoms with E-state index in [2.05, 4.69) is 23.7 Å². The van der Waals surface area contributed by atoms with Crippen LogP contribution in [-0.4, -0.2) is 47.5 Å². The molecule has 0 bridgehead atoms. The molecule has 0 aliphatic carbocycles. The molecule has 18 heavy (non-hydrogen) atoms. The lowest BCUT2D eigenvalue weighted by Crippen LogP contribution is -2.48. The van der Waals surface area contributed by atoms with Gasteiger partial charge < -0.3 is 4.74 Å². The topological polar surface area (TPSA) is 42.4 Å². The summed E-state index contributed by atoms with van der Waals surface area (Å²) < 4.78 is 5.61. The lowest BCUT2D eigenvalue weighted by atomic mass is 10.0. The van der Waals surface area contributed by atoms with Gasteiger partial charge in [0.25, 0.3) is 0 Å². The highest BCUT2D eigenvalue weighted by Gasteiger charge is 2.29. The molecular formula is C14H20N2O2. The zero-order chi connectivity index (χ0) is 13.1. The SMILES string of the molecule is Cc1ccncc1C(=O)C1CN(C(C)C)CCO1. The predicted molar refractivity (Wildman–Crippen MR) is 69.8 cm³/mol. The Morgan fingerprint density at radius 2 is 2.33 bits per heavy atom. The van der Waals surface area contributed by atoms with Gasteiger partial charge in [-0.2, -0.15) is 0 Å². The van der Waals surface area contributed by atoms with Crippen molar-refractivity contribution in [1.29, 1.82) is 0 Å². The van der Waals surface area contributed by atoms with E-state index in [9.17, 15) is 4.79 Å². The average molecular weight is 248 g/mol. The molecule has 0 amide bonds. The smallest absolute Gasteiger partial charge is 0.194 e. The fraction of sp³-hybridized carbons (Fsp3) is 0.571. The molecule has 0 N–H and O–H groups in total. The highest BCUT2D eigenvalue weighted by molar-refractivity contribution is 6.00. The Hall–Kier alpha value is -1.26. The fourth-order valence-corrected chi connectivity index (χ4v) is 2.19. The van der Waals surface area contributed by atoms with Crippen molar-refractivity contribution in [1.82, 2.24) is 9.88 Å². The van der Waals surface area contributed by atoms with E-state index in [1.165, 1.54) is 0 Å². The molecule has 1 aromatic rings. The Balaban J connectivity index is 2.12. The number of nitrogens with zero attached hydrogens (tertiary/aromatic N) is 2. The zero-order valence-corrected chi connectivity index (χ0v) is 11.2. The van der Waals surface area contributed by atoms with Gasteiger partial charge in [0.1, 0.15) is 6.10 Å². The van der Waals surface area contributed by atoms with Crippen LogP contribution in [0.15, 0.2) is 18.5 Å². The average Bonchev–Trinajstić information content (AvgIpc) is 2.38. The number of carbonyl (C=O) groups is 1. The third-order valence-corrected chi connectivity index (χ3v) is 3.43. The molecule has 1 saturated heterocycles. The summed E-state index contributed by atoms with van der Waals surface area (Å²) in [6.07, 6.45) is 2.98. The molecule has 0 aromatic carbocycles. The number of hydrogen-bond donors (Lipinski definition) is 0. The molecule has 1 fully saturated rings. The highest BCUT2D eigenvalue weighted by atomic mass is 16.5. The third kappa shape index (κ3) is 2.76. The Morgan fingerprint density at radius 3 is 3.00 bits per heavy atom. The van der Waals surface area contributed by atoms with Crippen molar-refractivity contribution in [3.63, 3.8) is 0 Å². The van der Waals surface area contributed by atoms with E-state index < -0.39 is 0 Å². The van der Waals surface area contributed by atoms with E-state index in [0.717, 1.165) is 12.1 Å². The number of rotatable bonds is 3. The number of morpholine rings is 1. The van der Waals surface area contributed by atoms with Crippen LogP contribution in [0, 0.1) is 6.92 Å². The number of ketones is 1. The van der Waals surface area contributed by atoms with E-state index in [4.69, 9.17) is 4.74 Å². The molecule has 2 rings (SSSR count). The molecule has 4 nitrogen and oxygen atoms in total. The second-order valence-electron chi connectivity index (χ2n) is 5.00. The molecule has 1 aromatic heterocycles. The van der Waals surface area contributed by atoms with Gasteiger partial charge in [-0.3, -0.25) is 14.7 Å². The molecule has 1 aliphatic rings. The second-order valence-corrected chi connectivity index (χ2v) is 5.00.